The normalized spacial score (nSPS) is 12.2. The molecule has 0 fully saturated rings. The zero-order chi connectivity index (χ0) is 15.2. The van der Waals surface area contributed by atoms with E-state index in [0.717, 1.165) is 6.42 Å². The highest BCUT2D eigenvalue weighted by Crippen LogP contribution is 2.42. The maximum absolute atomic E-state index is 2.36. The summed E-state index contributed by atoms with van der Waals surface area (Å²) in [4.78, 5) is 0. The summed E-state index contributed by atoms with van der Waals surface area (Å²) in [5.41, 5.74) is 8.29. The van der Waals surface area contributed by atoms with Crippen LogP contribution in [0.5, 0.6) is 0 Å². The highest BCUT2D eigenvalue weighted by Gasteiger charge is 2.21. The predicted octanol–water partition coefficient (Wildman–Crippen LogP) is 6.08. The number of hydrogen-bond acceptors (Lipinski definition) is 0. The maximum Gasteiger partial charge on any atom is -0.00132 e. The van der Waals surface area contributed by atoms with Gasteiger partial charge >= 0.3 is 0 Å². The van der Waals surface area contributed by atoms with Crippen LogP contribution in [-0.2, 0) is 6.42 Å². The maximum atomic E-state index is 2.36. The van der Waals surface area contributed by atoms with Crippen LogP contribution >= 0.6 is 0 Å². The fourth-order valence-corrected chi connectivity index (χ4v) is 3.76. The molecule has 0 aliphatic heterocycles. The Morgan fingerprint density at radius 2 is 1.35 bits per heavy atom. The van der Waals surface area contributed by atoms with Gasteiger partial charge in [0.1, 0.15) is 0 Å². The molecule has 0 heteroatoms. The highest BCUT2D eigenvalue weighted by atomic mass is 14.2. The molecule has 23 heavy (non-hydrogen) atoms. The molecule has 0 saturated carbocycles. The average molecular weight is 292 g/mol. The molecule has 0 atom stereocenters. The van der Waals surface area contributed by atoms with Crippen molar-refractivity contribution in [2.75, 3.05) is 0 Å². The summed E-state index contributed by atoms with van der Waals surface area (Å²) in [6.45, 7) is 0. The van der Waals surface area contributed by atoms with Gasteiger partial charge in [0.15, 0.2) is 0 Å². The summed E-state index contributed by atoms with van der Waals surface area (Å²) in [6, 6.07) is 30.8. The van der Waals surface area contributed by atoms with E-state index in [1.54, 1.807) is 0 Å². The van der Waals surface area contributed by atoms with Gasteiger partial charge in [0.2, 0.25) is 0 Å². The van der Waals surface area contributed by atoms with Crippen molar-refractivity contribution in [3.8, 4) is 22.3 Å². The first-order valence-corrected chi connectivity index (χ1v) is 8.09. The summed E-state index contributed by atoms with van der Waals surface area (Å²) in [7, 11) is 0. The van der Waals surface area contributed by atoms with Crippen molar-refractivity contribution in [3.05, 3.63) is 96.1 Å². The molecule has 108 valence electrons. The molecule has 5 rings (SSSR count). The third-order valence-electron chi connectivity index (χ3n) is 4.88. The minimum atomic E-state index is 1.05. The van der Waals surface area contributed by atoms with E-state index in [0.29, 0.717) is 0 Å². The minimum absolute atomic E-state index is 1.05. The van der Waals surface area contributed by atoms with Crippen LogP contribution < -0.4 is 0 Å². The van der Waals surface area contributed by atoms with Crippen LogP contribution in [0.25, 0.3) is 33.0 Å². The molecule has 0 saturated heterocycles. The summed E-state index contributed by atoms with van der Waals surface area (Å²) < 4.78 is 0. The van der Waals surface area contributed by atoms with Crippen molar-refractivity contribution in [2.45, 2.75) is 6.42 Å². The number of fused-ring (bicyclic) bond motifs is 5. The molecule has 0 bridgehead atoms. The number of hydrogen-bond donors (Lipinski definition) is 0. The van der Waals surface area contributed by atoms with Gasteiger partial charge in [-0.3, -0.25) is 0 Å². The first-order valence-electron chi connectivity index (χ1n) is 8.09. The second-order valence-electron chi connectivity index (χ2n) is 6.24. The van der Waals surface area contributed by atoms with Gasteiger partial charge in [0.25, 0.3) is 0 Å². The molecule has 0 N–H and O–H groups in total. The second-order valence-corrected chi connectivity index (χ2v) is 6.24. The average Bonchev–Trinajstić information content (AvgIpc) is 3.00. The van der Waals surface area contributed by atoms with Crippen LogP contribution in [0.4, 0.5) is 0 Å². The molecule has 0 nitrogen and oxygen atoms in total. The largest absolute Gasteiger partial charge is 0.0622 e. The van der Waals surface area contributed by atoms with Crippen LogP contribution in [0.3, 0.4) is 0 Å². The summed E-state index contributed by atoms with van der Waals surface area (Å²) >= 11 is 0. The fourth-order valence-electron chi connectivity index (χ4n) is 3.76. The summed E-state index contributed by atoms with van der Waals surface area (Å²) in [5, 5.41) is 2.69. The lowest BCUT2D eigenvalue weighted by Crippen LogP contribution is -1.83. The molecule has 0 aromatic heterocycles. The number of rotatable bonds is 1. The summed E-state index contributed by atoms with van der Waals surface area (Å²) in [6.07, 6.45) is 1.05. The van der Waals surface area contributed by atoms with Gasteiger partial charge in [-0.25, -0.2) is 0 Å². The monoisotopic (exact) mass is 292 g/mol. The molecule has 0 spiro atoms. The Balaban J connectivity index is 1.78. The zero-order valence-electron chi connectivity index (χ0n) is 12.8. The van der Waals surface area contributed by atoms with Gasteiger partial charge in [-0.2, -0.15) is 0 Å². The van der Waals surface area contributed by atoms with Crippen LogP contribution in [0, 0.1) is 0 Å². The van der Waals surface area contributed by atoms with Crippen LogP contribution in [0.15, 0.2) is 84.9 Å². The van der Waals surface area contributed by atoms with Crippen LogP contribution in [0.1, 0.15) is 11.1 Å². The molecular formula is C23H16. The van der Waals surface area contributed by atoms with E-state index in [-0.39, 0.29) is 0 Å². The van der Waals surface area contributed by atoms with E-state index in [1.165, 1.54) is 44.2 Å². The molecule has 0 radical (unpaired) electrons. The van der Waals surface area contributed by atoms with Crippen LogP contribution in [-0.4, -0.2) is 0 Å². The van der Waals surface area contributed by atoms with E-state index >= 15 is 0 Å². The lowest BCUT2D eigenvalue weighted by Gasteiger charge is -2.09. The van der Waals surface area contributed by atoms with Crippen molar-refractivity contribution in [1.82, 2.24) is 0 Å². The first-order chi connectivity index (χ1) is 11.4. The SMILES string of the molecule is c1ccc(-c2ccc3c(c2)-c2c(ccc4ccccc24)C3)cc1. The topological polar surface area (TPSA) is 0 Å². The third kappa shape index (κ3) is 1.92. The van der Waals surface area contributed by atoms with E-state index in [9.17, 15) is 0 Å². The molecule has 0 amide bonds. The molecular weight excluding hydrogens is 276 g/mol. The lowest BCUT2D eigenvalue weighted by molar-refractivity contribution is 1.27. The van der Waals surface area contributed by atoms with Crippen LogP contribution in [0.2, 0.25) is 0 Å². The van der Waals surface area contributed by atoms with Gasteiger partial charge < -0.3 is 0 Å². The Morgan fingerprint density at radius 1 is 0.565 bits per heavy atom. The van der Waals surface area contributed by atoms with E-state index in [2.05, 4.69) is 84.9 Å². The van der Waals surface area contributed by atoms with E-state index < -0.39 is 0 Å². The second kappa shape index (κ2) is 4.82. The quantitative estimate of drug-likeness (QED) is 0.351. The van der Waals surface area contributed by atoms with Gasteiger partial charge in [-0.1, -0.05) is 78.9 Å². The van der Waals surface area contributed by atoms with Crippen molar-refractivity contribution in [1.29, 1.82) is 0 Å². The predicted molar refractivity (Wildman–Crippen MR) is 97.6 cm³/mol. The molecule has 0 heterocycles. The van der Waals surface area contributed by atoms with Gasteiger partial charge in [-0.05, 0) is 56.6 Å². The zero-order valence-corrected chi connectivity index (χ0v) is 12.8. The van der Waals surface area contributed by atoms with Crippen molar-refractivity contribution < 1.29 is 0 Å². The Bertz CT molecular complexity index is 1030. The Hall–Kier alpha value is -2.86. The molecule has 0 unspecified atom stereocenters. The van der Waals surface area contributed by atoms with Crippen molar-refractivity contribution in [3.63, 3.8) is 0 Å². The standard InChI is InChI=1S/C23H16/c1-2-6-16(7-3-1)18-11-12-19-14-20-13-10-17-8-4-5-9-21(17)23(20)22(19)15-18/h1-13,15H,14H2. The molecule has 1 aliphatic carbocycles. The molecule has 1 aliphatic rings. The van der Waals surface area contributed by atoms with Gasteiger partial charge in [-0.15, -0.1) is 0 Å². The Morgan fingerprint density at radius 3 is 2.26 bits per heavy atom. The molecule has 4 aromatic carbocycles. The highest BCUT2D eigenvalue weighted by molar-refractivity contribution is 6.01. The Kier molecular flexibility index (Phi) is 2.65. The van der Waals surface area contributed by atoms with Gasteiger partial charge in [0.05, 0.1) is 0 Å². The van der Waals surface area contributed by atoms with E-state index in [4.69, 9.17) is 0 Å². The minimum Gasteiger partial charge on any atom is -0.0622 e. The van der Waals surface area contributed by atoms with Crippen molar-refractivity contribution in [2.24, 2.45) is 0 Å². The van der Waals surface area contributed by atoms with Gasteiger partial charge in [0, 0.05) is 0 Å². The third-order valence-corrected chi connectivity index (χ3v) is 4.88. The fraction of sp³-hybridized carbons (Fsp3) is 0.0435. The summed E-state index contributed by atoms with van der Waals surface area (Å²) in [5.74, 6) is 0. The Labute approximate surface area is 136 Å². The number of benzene rings is 4. The smallest absolute Gasteiger partial charge is 0.00132 e. The van der Waals surface area contributed by atoms with E-state index in [1.807, 2.05) is 0 Å². The van der Waals surface area contributed by atoms with Crippen molar-refractivity contribution >= 4 is 10.8 Å². The first kappa shape index (κ1) is 12.7. The lowest BCUT2D eigenvalue weighted by atomic mass is 9.95. The molecule has 4 aromatic rings.